The second-order valence-electron chi connectivity index (χ2n) is 4.57. The van der Waals surface area contributed by atoms with E-state index in [9.17, 15) is 5.26 Å². The first-order valence-electron chi connectivity index (χ1n) is 7.02. The minimum absolute atomic E-state index is 0.394. The smallest absolute Gasteiger partial charge is 0.0972 e. The summed E-state index contributed by atoms with van der Waals surface area (Å²) in [4.78, 5) is 0. The minimum Gasteiger partial charge on any atom is -0.387 e. The molecular formula is C15H24N2O2. The van der Waals surface area contributed by atoms with E-state index in [0.29, 0.717) is 11.5 Å². The normalized spacial score (nSPS) is 19.3. The van der Waals surface area contributed by atoms with Gasteiger partial charge in [-0.25, -0.2) is 0 Å². The molecule has 0 bridgehead atoms. The van der Waals surface area contributed by atoms with Crippen molar-refractivity contribution in [2.45, 2.75) is 32.6 Å². The molecule has 1 unspecified atom stereocenters. The summed E-state index contributed by atoms with van der Waals surface area (Å²) in [5, 5.41) is 12.6. The van der Waals surface area contributed by atoms with E-state index in [1.54, 1.807) is 7.11 Å². The zero-order chi connectivity index (χ0) is 13.9. The molecular weight excluding hydrogens is 240 g/mol. The highest BCUT2D eigenvalue weighted by molar-refractivity contribution is 5.37. The van der Waals surface area contributed by atoms with Gasteiger partial charge in [0.25, 0.3) is 0 Å². The molecule has 1 aliphatic carbocycles. The van der Waals surface area contributed by atoms with Crippen molar-refractivity contribution in [1.82, 2.24) is 5.32 Å². The summed E-state index contributed by atoms with van der Waals surface area (Å²) in [5.41, 5.74) is 1.73. The average molecular weight is 264 g/mol. The number of hydrogen-bond donors (Lipinski definition) is 1. The summed E-state index contributed by atoms with van der Waals surface area (Å²) in [5.74, 6) is 0.394. The van der Waals surface area contributed by atoms with Gasteiger partial charge in [0.05, 0.1) is 11.6 Å². The molecule has 1 atom stereocenters. The molecule has 106 valence electrons. The minimum atomic E-state index is 0.394. The lowest BCUT2D eigenvalue weighted by Crippen LogP contribution is -2.27. The Bertz CT molecular complexity index is 321. The van der Waals surface area contributed by atoms with Gasteiger partial charge in [0.15, 0.2) is 0 Å². The summed E-state index contributed by atoms with van der Waals surface area (Å²) in [6.45, 7) is 5.07. The van der Waals surface area contributed by atoms with Crippen molar-refractivity contribution in [3.05, 3.63) is 17.7 Å². The second kappa shape index (κ2) is 9.82. The Morgan fingerprint density at radius 1 is 1.47 bits per heavy atom. The summed E-state index contributed by atoms with van der Waals surface area (Å²) in [6, 6.07) is 2.25. The number of rotatable bonds is 9. The summed E-state index contributed by atoms with van der Waals surface area (Å²) in [6.07, 6.45) is 6.98. The van der Waals surface area contributed by atoms with Crippen LogP contribution in [0.25, 0.3) is 0 Å². The zero-order valence-corrected chi connectivity index (χ0v) is 12.0. The predicted molar refractivity (Wildman–Crippen MR) is 74.2 cm³/mol. The van der Waals surface area contributed by atoms with Crippen molar-refractivity contribution in [2.24, 2.45) is 5.92 Å². The Balaban J connectivity index is 2.54. The predicted octanol–water partition coefficient (Wildman–Crippen LogP) is 2.31. The number of nitriles is 1. The molecule has 0 amide bonds. The van der Waals surface area contributed by atoms with E-state index < -0.39 is 0 Å². The zero-order valence-electron chi connectivity index (χ0n) is 12.0. The van der Waals surface area contributed by atoms with Crippen LogP contribution in [0.15, 0.2) is 11.3 Å². The Morgan fingerprint density at radius 3 is 3.00 bits per heavy atom. The first-order valence-corrected chi connectivity index (χ1v) is 7.02. The third-order valence-electron chi connectivity index (χ3n) is 3.24. The third-order valence-corrected chi connectivity index (χ3v) is 3.24. The van der Waals surface area contributed by atoms with Crippen LogP contribution in [0.4, 0.5) is 0 Å². The summed E-state index contributed by atoms with van der Waals surface area (Å²) >= 11 is 0. The SMILES string of the molecule is CCOCCC1CC[C]C(C#N)=C1NCCCOC. The van der Waals surface area contributed by atoms with E-state index in [4.69, 9.17) is 9.47 Å². The molecule has 0 aromatic rings. The van der Waals surface area contributed by atoms with Gasteiger partial charge < -0.3 is 14.8 Å². The molecule has 0 heterocycles. The monoisotopic (exact) mass is 264 g/mol. The molecule has 0 aromatic heterocycles. The first-order chi connectivity index (χ1) is 9.33. The van der Waals surface area contributed by atoms with E-state index in [2.05, 4.69) is 17.8 Å². The van der Waals surface area contributed by atoms with Gasteiger partial charge in [-0.1, -0.05) is 0 Å². The van der Waals surface area contributed by atoms with Crippen LogP contribution >= 0.6 is 0 Å². The van der Waals surface area contributed by atoms with Gasteiger partial charge in [0.1, 0.15) is 0 Å². The molecule has 1 N–H and O–H groups in total. The number of nitrogens with one attached hydrogen (secondary N) is 1. The van der Waals surface area contributed by atoms with E-state index in [-0.39, 0.29) is 0 Å². The van der Waals surface area contributed by atoms with Crippen LogP contribution < -0.4 is 5.32 Å². The van der Waals surface area contributed by atoms with Crippen molar-refractivity contribution in [3.63, 3.8) is 0 Å². The van der Waals surface area contributed by atoms with Gasteiger partial charge in [0.2, 0.25) is 0 Å². The van der Waals surface area contributed by atoms with Crippen LogP contribution in [0.5, 0.6) is 0 Å². The Labute approximate surface area is 116 Å². The van der Waals surface area contributed by atoms with Crippen LogP contribution in [-0.2, 0) is 9.47 Å². The van der Waals surface area contributed by atoms with Gasteiger partial charge in [-0.3, -0.25) is 0 Å². The van der Waals surface area contributed by atoms with Crippen LogP contribution in [0.3, 0.4) is 0 Å². The quantitative estimate of drug-likeness (QED) is 0.649. The lowest BCUT2D eigenvalue weighted by atomic mass is 9.85. The Hall–Kier alpha value is -1.05. The van der Waals surface area contributed by atoms with Gasteiger partial charge in [-0.15, -0.1) is 0 Å². The van der Waals surface area contributed by atoms with Crippen LogP contribution in [0.2, 0.25) is 0 Å². The molecule has 0 fully saturated rings. The average Bonchev–Trinajstić information content (AvgIpc) is 2.44. The number of nitrogens with zero attached hydrogens (tertiary/aromatic N) is 1. The van der Waals surface area contributed by atoms with Gasteiger partial charge in [0, 0.05) is 51.5 Å². The first kappa shape index (κ1) is 16.0. The van der Waals surface area contributed by atoms with Crippen molar-refractivity contribution in [3.8, 4) is 6.07 Å². The van der Waals surface area contributed by atoms with E-state index in [0.717, 1.165) is 57.7 Å². The molecule has 0 saturated heterocycles. The fourth-order valence-corrected chi connectivity index (χ4v) is 2.25. The summed E-state index contributed by atoms with van der Waals surface area (Å²) < 4.78 is 10.5. The highest BCUT2D eigenvalue weighted by Gasteiger charge is 2.23. The number of hydrogen-bond acceptors (Lipinski definition) is 4. The molecule has 19 heavy (non-hydrogen) atoms. The van der Waals surface area contributed by atoms with Crippen molar-refractivity contribution in [2.75, 3.05) is 33.5 Å². The van der Waals surface area contributed by atoms with E-state index in [1.807, 2.05) is 6.92 Å². The van der Waals surface area contributed by atoms with Crippen LogP contribution in [0.1, 0.15) is 32.6 Å². The molecule has 4 nitrogen and oxygen atoms in total. The highest BCUT2D eigenvalue weighted by Crippen LogP contribution is 2.30. The van der Waals surface area contributed by atoms with Crippen LogP contribution in [0, 0.1) is 23.7 Å². The van der Waals surface area contributed by atoms with Crippen molar-refractivity contribution >= 4 is 0 Å². The molecule has 0 saturated carbocycles. The Kier molecular flexibility index (Phi) is 8.28. The van der Waals surface area contributed by atoms with E-state index in [1.165, 1.54) is 0 Å². The number of methoxy groups -OCH3 is 1. The standard InChI is InChI=1S/C15H24N2O2/c1-3-19-11-8-13-6-4-7-14(12-16)15(13)17-9-5-10-18-2/h13,17H,3-6,8-11H2,1-2H3. The maximum Gasteiger partial charge on any atom is 0.0972 e. The largest absolute Gasteiger partial charge is 0.387 e. The Morgan fingerprint density at radius 2 is 2.32 bits per heavy atom. The molecule has 2 radical (unpaired) electrons. The number of ether oxygens (including phenoxy) is 2. The highest BCUT2D eigenvalue weighted by atomic mass is 16.5. The molecule has 0 aliphatic heterocycles. The van der Waals surface area contributed by atoms with E-state index >= 15 is 0 Å². The topological polar surface area (TPSA) is 54.3 Å². The molecule has 1 rings (SSSR count). The molecule has 0 aromatic carbocycles. The second-order valence-corrected chi connectivity index (χ2v) is 4.57. The fraction of sp³-hybridized carbons (Fsp3) is 0.733. The van der Waals surface area contributed by atoms with Crippen LogP contribution in [-0.4, -0.2) is 33.5 Å². The number of allylic oxidation sites excluding steroid dienone is 2. The van der Waals surface area contributed by atoms with Crippen molar-refractivity contribution in [1.29, 1.82) is 5.26 Å². The van der Waals surface area contributed by atoms with Gasteiger partial charge in [-0.2, -0.15) is 5.26 Å². The molecule has 1 aliphatic rings. The van der Waals surface area contributed by atoms with Gasteiger partial charge >= 0.3 is 0 Å². The molecule has 0 spiro atoms. The third kappa shape index (κ3) is 5.63. The summed E-state index contributed by atoms with van der Waals surface area (Å²) in [7, 11) is 1.70. The fourth-order valence-electron chi connectivity index (χ4n) is 2.25. The van der Waals surface area contributed by atoms with Crippen molar-refractivity contribution < 1.29 is 9.47 Å². The maximum atomic E-state index is 9.19. The molecule has 4 heteroatoms. The van der Waals surface area contributed by atoms with Gasteiger partial charge in [-0.05, 0) is 32.6 Å². The maximum absolute atomic E-state index is 9.19. The lowest BCUT2D eigenvalue weighted by molar-refractivity contribution is 0.133. The lowest BCUT2D eigenvalue weighted by Gasteiger charge is -2.27.